The van der Waals surface area contributed by atoms with E-state index in [2.05, 4.69) is 25.5 Å². The van der Waals surface area contributed by atoms with Crippen LogP contribution in [0.5, 0.6) is 6.01 Å². The molecule has 19 heavy (non-hydrogen) atoms. The average Bonchev–Trinajstić information content (AvgIpc) is 2.85. The minimum atomic E-state index is -0.148. The lowest BCUT2D eigenvalue weighted by atomic mass is 10.2. The van der Waals surface area contributed by atoms with Crippen LogP contribution in [-0.4, -0.2) is 32.7 Å². The molecule has 2 rings (SSSR count). The summed E-state index contributed by atoms with van der Waals surface area (Å²) in [6.45, 7) is 2.31. The Labute approximate surface area is 110 Å². The van der Waals surface area contributed by atoms with Gasteiger partial charge < -0.3 is 4.74 Å². The first-order valence-electron chi connectivity index (χ1n) is 6.03. The fourth-order valence-corrected chi connectivity index (χ4v) is 1.48. The maximum absolute atomic E-state index is 11.7. The number of nitrogens with zero attached hydrogens (tertiary/aromatic N) is 3. The van der Waals surface area contributed by atoms with Crippen molar-refractivity contribution in [2.75, 3.05) is 11.9 Å². The van der Waals surface area contributed by atoms with Gasteiger partial charge in [0.1, 0.15) is 0 Å². The van der Waals surface area contributed by atoms with Crippen molar-refractivity contribution in [3.05, 3.63) is 30.1 Å². The Morgan fingerprint density at radius 3 is 3.11 bits per heavy atom. The Morgan fingerprint density at radius 2 is 2.37 bits per heavy atom. The number of hydrogen-bond donors (Lipinski definition) is 2. The third-order valence-corrected chi connectivity index (χ3v) is 2.33. The number of carbonyl (C=O) groups excluding carboxylic acids is 1. The van der Waals surface area contributed by atoms with Crippen molar-refractivity contribution in [2.45, 2.75) is 19.8 Å². The van der Waals surface area contributed by atoms with E-state index >= 15 is 0 Å². The number of aromatic amines is 1. The summed E-state index contributed by atoms with van der Waals surface area (Å²) in [6, 6.07) is 5.84. The molecule has 2 N–H and O–H groups in total. The van der Waals surface area contributed by atoms with Gasteiger partial charge in [0.25, 0.3) is 0 Å². The number of amides is 1. The van der Waals surface area contributed by atoms with Crippen LogP contribution in [0.2, 0.25) is 0 Å². The van der Waals surface area contributed by atoms with Gasteiger partial charge in [-0.1, -0.05) is 6.07 Å². The van der Waals surface area contributed by atoms with Crippen molar-refractivity contribution in [1.29, 1.82) is 0 Å². The third kappa shape index (κ3) is 4.06. The topological polar surface area (TPSA) is 92.8 Å². The number of hydrogen-bond acceptors (Lipinski definition) is 5. The number of ether oxygens (including phenoxy) is 1. The predicted molar refractivity (Wildman–Crippen MR) is 68.7 cm³/mol. The summed E-state index contributed by atoms with van der Waals surface area (Å²) in [4.78, 5) is 19.8. The van der Waals surface area contributed by atoms with Crippen LogP contribution in [0.4, 0.5) is 5.95 Å². The highest BCUT2D eigenvalue weighted by atomic mass is 16.5. The maximum Gasteiger partial charge on any atom is 0.337 e. The zero-order valence-electron chi connectivity index (χ0n) is 10.6. The van der Waals surface area contributed by atoms with Gasteiger partial charge in [0.2, 0.25) is 11.9 Å². The second kappa shape index (κ2) is 6.48. The molecule has 0 bridgehead atoms. The van der Waals surface area contributed by atoms with Crippen molar-refractivity contribution in [3.63, 3.8) is 0 Å². The van der Waals surface area contributed by atoms with Crippen LogP contribution in [0.3, 0.4) is 0 Å². The Morgan fingerprint density at radius 1 is 1.47 bits per heavy atom. The molecule has 0 atom stereocenters. The summed E-state index contributed by atoms with van der Waals surface area (Å²) in [5.74, 6) is 0.138. The van der Waals surface area contributed by atoms with Crippen LogP contribution in [-0.2, 0) is 11.2 Å². The van der Waals surface area contributed by atoms with Gasteiger partial charge >= 0.3 is 6.01 Å². The van der Waals surface area contributed by atoms with Gasteiger partial charge in [0, 0.05) is 18.3 Å². The van der Waals surface area contributed by atoms with E-state index < -0.39 is 0 Å². The van der Waals surface area contributed by atoms with Gasteiger partial charge in [-0.25, -0.2) is 5.10 Å². The van der Waals surface area contributed by atoms with E-state index in [4.69, 9.17) is 4.74 Å². The molecule has 0 fully saturated rings. The summed E-state index contributed by atoms with van der Waals surface area (Å²) in [5.41, 5.74) is 0.880. The largest absolute Gasteiger partial charge is 0.463 e. The zero-order chi connectivity index (χ0) is 13.5. The average molecular weight is 261 g/mol. The quantitative estimate of drug-likeness (QED) is 0.814. The molecular weight excluding hydrogens is 246 g/mol. The summed E-state index contributed by atoms with van der Waals surface area (Å²) < 4.78 is 5.08. The normalized spacial score (nSPS) is 10.2. The number of pyridine rings is 1. The van der Waals surface area contributed by atoms with Crippen LogP contribution in [0.15, 0.2) is 24.4 Å². The van der Waals surface area contributed by atoms with Gasteiger partial charge in [-0.3, -0.25) is 15.1 Å². The smallest absolute Gasteiger partial charge is 0.337 e. The van der Waals surface area contributed by atoms with Gasteiger partial charge in [-0.15, -0.1) is 5.10 Å². The molecule has 0 spiro atoms. The molecule has 100 valence electrons. The third-order valence-electron chi connectivity index (χ3n) is 2.33. The fourth-order valence-electron chi connectivity index (χ4n) is 1.48. The predicted octanol–water partition coefficient (Wildman–Crippen LogP) is 1.17. The van der Waals surface area contributed by atoms with Gasteiger partial charge in [0.15, 0.2) is 0 Å². The Bertz CT molecular complexity index is 526. The van der Waals surface area contributed by atoms with E-state index in [9.17, 15) is 4.79 Å². The molecule has 1 amide bonds. The first-order valence-corrected chi connectivity index (χ1v) is 6.03. The second-order valence-corrected chi connectivity index (χ2v) is 3.77. The molecule has 2 aromatic rings. The molecule has 0 aliphatic rings. The number of anilines is 1. The van der Waals surface area contributed by atoms with Crippen molar-refractivity contribution in [2.24, 2.45) is 0 Å². The zero-order valence-corrected chi connectivity index (χ0v) is 10.6. The van der Waals surface area contributed by atoms with E-state index in [1.807, 2.05) is 25.1 Å². The first kappa shape index (κ1) is 13.0. The van der Waals surface area contributed by atoms with Gasteiger partial charge in [-0.2, -0.15) is 4.98 Å². The van der Waals surface area contributed by atoms with E-state index in [0.29, 0.717) is 19.4 Å². The lowest BCUT2D eigenvalue weighted by molar-refractivity contribution is -0.116. The molecule has 0 unspecified atom stereocenters. The van der Waals surface area contributed by atoms with Crippen LogP contribution in [0.1, 0.15) is 19.0 Å². The first-order chi connectivity index (χ1) is 9.28. The Balaban J connectivity index is 1.80. The molecule has 7 nitrogen and oxygen atoms in total. The number of H-pyrrole nitrogens is 1. The Hall–Kier alpha value is -2.44. The maximum atomic E-state index is 11.7. The van der Waals surface area contributed by atoms with E-state index in [1.54, 1.807) is 6.20 Å². The van der Waals surface area contributed by atoms with E-state index in [-0.39, 0.29) is 17.9 Å². The second-order valence-electron chi connectivity index (χ2n) is 3.77. The molecule has 0 aliphatic heterocycles. The van der Waals surface area contributed by atoms with Crippen LogP contribution < -0.4 is 10.1 Å². The number of carbonyl (C=O) groups is 1. The molecule has 0 saturated heterocycles. The summed E-state index contributed by atoms with van der Waals surface area (Å²) in [7, 11) is 0. The van der Waals surface area contributed by atoms with Crippen molar-refractivity contribution >= 4 is 11.9 Å². The minimum Gasteiger partial charge on any atom is -0.463 e. The number of aromatic nitrogens is 4. The number of aryl methyl sites for hydroxylation is 1. The van der Waals surface area contributed by atoms with Gasteiger partial charge in [0.05, 0.1) is 6.61 Å². The highest BCUT2D eigenvalue weighted by molar-refractivity contribution is 5.88. The number of nitrogens with one attached hydrogen (secondary N) is 2. The van der Waals surface area contributed by atoms with Crippen molar-refractivity contribution in [1.82, 2.24) is 20.2 Å². The van der Waals surface area contributed by atoms with Crippen LogP contribution >= 0.6 is 0 Å². The molecule has 0 aliphatic carbocycles. The molecule has 0 aromatic carbocycles. The summed E-state index contributed by atoms with van der Waals surface area (Å²) in [5, 5.41) is 8.99. The van der Waals surface area contributed by atoms with Crippen LogP contribution in [0.25, 0.3) is 0 Å². The monoisotopic (exact) mass is 261 g/mol. The molecular formula is C12H15N5O2. The molecule has 2 aromatic heterocycles. The van der Waals surface area contributed by atoms with Crippen LogP contribution in [0, 0.1) is 0 Å². The Kier molecular flexibility index (Phi) is 4.44. The molecule has 2 heterocycles. The van der Waals surface area contributed by atoms with Crippen molar-refractivity contribution in [3.8, 4) is 6.01 Å². The highest BCUT2D eigenvalue weighted by Crippen LogP contribution is 2.06. The lowest BCUT2D eigenvalue weighted by Gasteiger charge is -2.01. The highest BCUT2D eigenvalue weighted by Gasteiger charge is 2.08. The van der Waals surface area contributed by atoms with E-state index in [0.717, 1.165) is 5.69 Å². The minimum absolute atomic E-state index is 0.148. The summed E-state index contributed by atoms with van der Waals surface area (Å²) in [6.07, 6.45) is 2.62. The fraction of sp³-hybridized carbons (Fsp3) is 0.333. The molecule has 0 radical (unpaired) electrons. The van der Waals surface area contributed by atoms with E-state index in [1.165, 1.54) is 0 Å². The summed E-state index contributed by atoms with van der Waals surface area (Å²) >= 11 is 0. The number of rotatable bonds is 6. The lowest BCUT2D eigenvalue weighted by Crippen LogP contribution is -2.13. The van der Waals surface area contributed by atoms with Crippen molar-refractivity contribution < 1.29 is 9.53 Å². The molecule has 7 heteroatoms. The molecule has 0 saturated carbocycles. The SMILES string of the molecule is CCOc1n[nH]c(NC(=O)CCc2ccccn2)n1. The van der Waals surface area contributed by atoms with Gasteiger partial charge in [-0.05, 0) is 25.5 Å². The standard InChI is InChI=1S/C12H15N5O2/c1-2-19-12-15-11(16-17-12)14-10(18)7-6-9-5-3-4-8-13-9/h3-5,8H,2,6-7H2,1H3,(H2,14,15,16,17,18).